The monoisotopic (exact) mass is 254 g/mol. The highest BCUT2D eigenvalue weighted by Gasteiger charge is 2.10. The molecule has 2 aromatic rings. The Morgan fingerprint density at radius 3 is 2.44 bits per heavy atom. The van der Waals surface area contributed by atoms with Gasteiger partial charge in [-0.15, -0.1) is 0 Å². The minimum absolute atomic E-state index is 0.288. The van der Waals surface area contributed by atoms with E-state index in [0.29, 0.717) is 21.2 Å². The average Bonchev–Trinajstić information content (AvgIpc) is 2.23. The molecule has 2 aromatic carbocycles. The van der Waals surface area contributed by atoms with Crippen LogP contribution in [0.3, 0.4) is 0 Å². The van der Waals surface area contributed by atoms with Crippen molar-refractivity contribution in [1.29, 1.82) is 0 Å². The minimum Gasteiger partial charge on any atom is -0.206 e. The molecule has 0 saturated carbocycles. The van der Waals surface area contributed by atoms with Gasteiger partial charge in [-0.2, -0.15) is 0 Å². The van der Waals surface area contributed by atoms with Gasteiger partial charge in [0.15, 0.2) is 0 Å². The lowest BCUT2D eigenvalue weighted by Gasteiger charge is -2.07. The van der Waals surface area contributed by atoms with Crippen LogP contribution in [0, 0.1) is 12.7 Å². The van der Waals surface area contributed by atoms with E-state index in [9.17, 15) is 4.39 Å². The molecule has 3 heteroatoms. The van der Waals surface area contributed by atoms with Crippen LogP contribution in [0.25, 0.3) is 11.1 Å². The van der Waals surface area contributed by atoms with Crippen LogP contribution in [0.15, 0.2) is 36.4 Å². The maximum atomic E-state index is 13.7. The normalized spacial score (nSPS) is 10.5. The highest BCUT2D eigenvalue weighted by Crippen LogP contribution is 2.34. The number of hydrogen-bond acceptors (Lipinski definition) is 0. The third-order valence-electron chi connectivity index (χ3n) is 2.37. The molecule has 2 rings (SSSR count). The molecule has 0 unspecified atom stereocenters. The lowest BCUT2D eigenvalue weighted by Crippen LogP contribution is -1.87. The number of rotatable bonds is 1. The van der Waals surface area contributed by atoms with Crippen molar-refractivity contribution >= 4 is 23.2 Å². The SMILES string of the molecule is Cc1ccc(-c2cccc(Cl)c2Cl)c(F)c1. The molecule has 16 heavy (non-hydrogen) atoms. The van der Waals surface area contributed by atoms with E-state index in [1.807, 2.05) is 13.0 Å². The lowest BCUT2D eigenvalue weighted by atomic mass is 10.0. The second kappa shape index (κ2) is 4.44. The van der Waals surface area contributed by atoms with E-state index in [0.717, 1.165) is 5.56 Å². The fourth-order valence-electron chi connectivity index (χ4n) is 1.55. The van der Waals surface area contributed by atoms with Gasteiger partial charge in [-0.1, -0.05) is 47.5 Å². The van der Waals surface area contributed by atoms with Crippen LogP contribution in [0.1, 0.15) is 5.56 Å². The van der Waals surface area contributed by atoms with Crippen molar-refractivity contribution in [3.63, 3.8) is 0 Å². The Morgan fingerprint density at radius 2 is 1.75 bits per heavy atom. The van der Waals surface area contributed by atoms with E-state index in [1.165, 1.54) is 6.07 Å². The molecule has 0 spiro atoms. The summed E-state index contributed by atoms with van der Waals surface area (Å²) in [6.07, 6.45) is 0. The molecule has 0 radical (unpaired) electrons. The Morgan fingerprint density at radius 1 is 1.00 bits per heavy atom. The van der Waals surface area contributed by atoms with Gasteiger partial charge in [-0.05, 0) is 24.6 Å². The smallest absolute Gasteiger partial charge is 0.131 e. The van der Waals surface area contributed by atoms with Gasteiger partial charge in [0, 0.05) is 11.1 Å². The molecule has 0 fully saturated rings. The summed E-state index contributed by atoms with van der Waals surface area (Å²) in [5.41, 5.74) is 1.96. The molecule has 0 amide bonds. The van der Waals surface area contributed by atoms with Crippen LogP contribution in [0.2, 0.25) is 10.0 Å². The highest BCUT2D eigenvalue weighted by molar-refractivity contribution is 6.43. The number of benzene rings is 2. The molecule has 0 atom stereocenters. The summed E-state index contributed by atoms with van der Waals surface area (Å²) in [5.74, 6) is -0.288. The average molecular weight is 255 g/mol. The quantitative estimate of drug-likeness (QED) is 0.664. The topological polar surface area (TPSA) is 0 Å². The molecule has 0 bridgehead atoms. The summed E-state index contributed by atoms with van der Waals surface area (Å²) in [4.78, 5) is 0. The third kappa shape index (κ3) is 2.06. The number of halogens is 3. The predicted molar refractivity (Wildman–Crippen MR) is 66.6 cm³/mol. The minimum atomic E-state index is -0.288. The first kappa shape index (κ1) is 11.4. The molecular formula is C13H9Cl2F. The fourth-order valence-corrected chi connectivity index (χ4v) is 1.95. The van der Waals surface area contributed by atoms with Crippen LogP contribution in [0.4, 0.5) is 4.39 Å². The standard InChI is InChI=1S/C13H9Cl2F/c1-8-5-6-9(12(16)7-8)10-3-2-4-11(14)13(10)15/h2-7H,1H3. The largest absolute Gasteiger partial charge is 0.206 e. The van der Waals surface area contributed by atoms with Crippen molar-refractivity contribution in [2.75, 3.05) is 0 Å². The fraction of sp³-hybridized carbons (Fsp3) is 0.0769. The van der Waals surface area contributed by atoms with Crippen molar-refractivity contribution in [3.05, 3.63) is 57.8 Å². The van der Waals surface area contributed by atoms with Crippen LogP contribution >= 0.6 is 23.2 Å². The summed E-state index contributed by atoms with van der Waals surface area (Å²) in [7, 11) is 0. The summed E-state index contributed by atoms with van der Waals surface area (Å²) in [6, 6.07) is 10.2. The Labute approximate surface area is 104 Å². The van der Waals surface area contributed by atoms with Gasteiger partial charge in [-0.3, -0.25) is 0 Å². The van der Waals surface area contributed by atoms with E-state index in [2.05, 4.69) is 0 Å². The van der Waals surface area contributed by atoms with E-state index in [4.69, 9.17) is 23.2 Å². The maximum Gasteiger partial charge on any atom is 0.131 e. The van der Waals surface area contributed by atoms with Gasteiger partial charge in [0.2, 0.25) is 0 Å². The number of aryl methyl sites for hydroxylation is 1. The van der Waals surface area contributed by atoms with E-state index in [1.54, 1.807) is 24.3 Å². The molecule has 0 nitrogen and oxygen atoms in total. The molecule has 0 aromatic heterocycles. The maximum absolute atomic E-state index is 13.7. The molecular weight excluding hydrogens is 246 g/mol. The lowest BCUT2D eigenvalue weighted by molar-refractivity contribution is 0.630. The zero-order valence-electron chi connectivity index (χ0n) is 8.60. The Kier molecular flexibility index (Phi) is 3.17. The summed E-state index contributed by atoms with van der Waals surface area (Å²) in [5, 5.41) is 0.811. The summed E-state index contributed by atoms with van der Waals surface area (Å²) < 4.78 is 13.7. The Bertz CT molecular complexity index is 535. The van der Waals surface area contributed by atoms with E-state index < -0.39 is 0 Å². The van der Waals surface area contributed by atoms with Gasteiger partial charge in [0.1, 0.15) is 5.82 Å². The van der Waals surface area contributed by atoms with Crippen molar-refractivity contribution < 1.29 is 4.39 Å². The molecule has 0 aliphatic heterocycles. The van der Waals surface area contributed by atoms with Crippen LogP contribution in [-0.2, 0) is 0 Å². The molecule has 0 heterocycles. The second-order valence-electron chi connectivity index (χ2n) is 3.58. The highest BCUT2D eigenvalue weighted by atomic mass is 35.5. The first-order valence-electron chi connectivity index (χ1n) is 4.80. The van der Waals surface area contributed by atoms with E-state index >= 15 is 0 Å². The third-order valence-corrected chi connectivity index (χ3v) is 3.19. The molecule has 82 valence electrons. The van der Waals surface area contributed by atoms with Crippen LogP contribution < -0.4 is 0 Å². The molecule has 0 saturated heterocycles. The Balaban J connectivity index is 2.63. The van der Waals surface area contributed by atoms with Gasteiger partial charge >= 0.3 is 0 Å². The van der Waals surface area contributed by atoms with Crippen LogP contribution in [0.5, 0.6) is 0 Å². The van der Waals surface area contributed by atoms with Gasteiger partial charge in [0.05, 0.1) is 10.0 Å². The first-order chi connectivity index (χ1) is 7.59. The zero-order chi connectivity index (χ0) is 11.7. The van der Waals surface area contributed by atoms with Gasteiger partial charge in [0.25, 0.3) is 0 Å². The number of hydrogen-bond donors (Lipinski definition) is 0. The molecule has 0 N–H and O–H groups in total. The van der Waals surface area contributed by atoms with Gasteiger partial charge < -0.3 is 0 Å². The zero-order valence-corrected chi connectivity index (χ0v) is 10.1. The summed E-state index contributed by atoms with van der Waals surface area (Å²) >= 11 is 11.9. The van der Waals surface area contributed by atoms with Crippen molar-refractivity contribution in [1.82, 2.24) is 0 Å². The van der Waals surface area contributed by atoms with Crippen molar-refractivity contribution in [3.8, 4) is 11.1 Å². The summed E-state index contributed by atoms with van der Waals surface area (Å²) in [6.45, 7) is 1.84. The molecule has 0 aliphatic rings. The van der Waals surface area contributed by atoms with E-state index in [-0.39, 0.29) is 5.82 Å². The van der Waals surface area contributed by atoms with Crippen molar-refractivity contribution in [2.24, 2.45) is 0 Å². The second-order valence-corrected chi connectivity index (χ2v) is 4.37. The Hall–Kier alpha value is -1.05. The van der Waals surface area contributed by atoms with Crippen LogP contribution in [-0.4, -0.2) is 0 Å². The first-order valence-corrected chi connectivity index (χ1v) is 5.55. The predicted octanol–water partition coefficient (Wildman–Crippen LogP) is 5.11. The van der Waals surface area contributed by atoms with Crippen molar-refractivity contribution in [2.45, 2.75) is 6.92 Å². The van der Waals surface area contributed by atoms with Gasteiger partial charge in [-0.25, -0.2) is 4.39 Å². The molecule has 0 aliphatic carbocycles.